The normalized spacial score (nSPS) is 15.1. The zero-order chi connectivity index (χ0) is 20.5. The van der Waals surface area contributed by atoms with E-state index in [2.05, 4.69) is 5.43 Å². The smallest absolute Gasteiger partial charge is 0.282 e. The van der Waals surface area contributed by atoms with E-state index in [0.29, 0.717) is 17.1 Å². The van der Waals surface area contributed by atoms with Crippen molar-refractivity contribution in [1.82, 2.24) is 9.99 Å². The number of hydrogen-bond donors (Lipinski definition) is 1. The van der Waals surface area contributed by atoms with Crippen LogP contribution in [0.5, 0.6) is 0 Å². The van der Waals surface area contributed by atoms with E-state index in [1.807, 2.05) is 0 Å². The van der Waals surface area contributed by atoms with E-state index in [0.717, 1.165) is 5.01 Å². The Morgan fingerprint density at radius 3 is 2.48 bits per heavy atom. The molecule has 4 rings (SSSR count). The maximum atomic E-state index is 13.1. The molecule has 0 spiro atoms. The molecule has 2 heterocycles. The molecule has 144 valence electrons. The fraction of sp³-hybridized carbons (Fsp3) is 0. The number of non-ortho nitro benzene ring substituents is 1. The van der Waals surface area contributed by atoms with Gasteiger partial charge in [-0.05, 0) is 48.5 Å². The summed E-state index contributed by atoms with van der Waals surface area (Å²) >= 11 is 0. The van der Waals surface area contributed by atoms with Gasteiger partial charge in [-0.2, -0.15) is 0 Å². The maximum Gasteiger partial charge on any atom is 0.282 e. The van der Waals surface area contributed by atoms with E-state index in [9.17, 15) is 24.1 Å². The van der Waals surface area contributed by atoms with Crippen LogP contribution in [0.15, 0.2) is 72.4 Å². The predicted molar refractivity (Wildman–Crippen MR) is 102 cm³/mol. The highest BCUT2D eigenvalue weighted by Gasteiger charge is 2.34. The fourth-order valence-electron chi connectivity index (χ4n) is 2.98. The molecular weight excluding hydrogens is 379 g/mol. The van der Waals surface area contributed by atoms with Gasteiger partial charge in [0, 0.05) is 24.0 Å². The van der Waals surface area contributed by atoms with Crippen LogP contribution >= 0.6 is 0 Å². The van der Waals surface area contributed by atoms with Crippen LogP contribution in [0.3, 0.4) is 0 Å². The summed E-state index contributed by atoms with van der Waals surface area (Å²) in [5, 5.41) is 12.1. The summed E-state index contributed by atoms with van der Waals surface area (Å²) in [6, 6.07) is 14.5. The van der Waals surface area contributed by atoms with Crippen molar-refractivity contribution in [1.29, 1.82) is 0 Å². The van der Waals surface area contributed by atoms with Gasteiger partial charge in [0.2, 0.25) is 0 Å². The number of anilines is 1. The summed E-state index contributed by atoms with van der Waals surface area (Å²) in [4.78, 5) is 35.6. The van der Waals surface area contributed by atoms with E-state index in [1.165, 1.54) is 42.5 Å². The number of carbonyl (C=O) groups is 2. The Labute approximate surface area is 163 Å². The molecule has 1 fully saturated rings. The van der Waals surface area contributed by atoms with Crippen molar-refractivity contribution in [2.24, 2.45) is 0 Å². The fourth-order valence-corrected chi connectivity index (χ4v) is 2.98. The Bertz CT molecular complexity index is 1170. The number of hydrazine groups is 1. The summed E-state index contributed by atoms with van der Waals surface area (Å²) in [5.41, 5.74) is 3.58. The second kappa shape index (κ2) is 7.04. The van der Waals surface area contributed by atoms with Crippen LogP contribution in [0.1, 0.15) is 5.69 Å². The molecular formula is C20H13FN4O4. The van der Waals surface area contributed by atoms with Crippen molar-refractivity contribution < 1.29 is 18.9 Å². The number of nitrogens with zero attached hydrogens (tertiary/aromatic N) is 3. The molecule has 0 unspecified atom stereocenters. The average molecular weight is 392 g/mol. The van der Waals surface area contributed by atoms with Crippen LogP contribution in [-0.2, 0) is 9.59 Å². The Morgan fingerprint density at radius 1 is 1.00 bits per heavy atom. The molecule has 3 aromatic rings. The average Bonchev–Trinajstić information content (AvgIpc) is 3.29. The number of benzene rings is 2. The van der Waals surface area contributed by atoms with Crippen molar-refractivity contribution in [3.63, 3.8) is 0 Å². The molecule has 1 saturated heterocycles. The molecule has 0 saturated carbocycles. The number of hydrogen-bond acceptors (Lipinski definition) is 4. The van der Waals surface area contributed by atoms with Crippen LogP contribution in [0.4, 0.5) is 15.8 Å². The van der Waals surface area contributed by atoms with Gasteiger partial charge in [0.25, 0.3) is 17.5 Å². The van der Waals surface area contributed by atoms with E-state index >= 15 is 0 Å². The Kier molecular flexibility index (Phi) is 4.40. The van der Waals surface area contributed by atoms with Crippen LogP contribution < -0.4 is 10.4 Å². The molecule has 29 heavy (non-hydrogen) atoms. The van der Waals surface area contributed by atoms with Gasteiger partial charge in [0.15, 0.2) is 0 Å². The first-order valence-corrected chi connectivity index (χ1v) is 8.49. The number of rotatable bonds is 4. The molecule has 1 aromatic heterocycles. The van der Waals surface area contributed by atoms with Gasteiger partial charge >= 0.3 is 0 Å². The minimum atomic E-state index is -0.605. The first-order valence-electron chi connectivity index (χ1n) is 8.49. The monoisotopic (exact) mass is 392 g/mol. The van der Waals surface area contributed by atoms with Crippen molar-refractivity contribution in [2.75, 3.05) is 5.01 Å². The number of halogens is 1. The summed E-state index contributed by atoms with van der Waals surface area (Å²) in [5.74, 6) is -1.66. The lowest BCUT2D eigenvalue weighted by Crippen LogP contribution is -2.35. The largest absolute Gasteiger partial charge is 0.317 e. The lowest BCUT2D eigenvalue weighted by atomic mass is 10.2. The molecule has 8 nitrogen and oxygen atoms in total. The first kappa shape index (κ1) is 18.1. The van der Waals surface area contributed by atoms with E-state index in [1.54, 1.807) is 35.0 Å². The van der Waals surface area contributed by atoms with Crippen molar-refractivity contribution in [2.45, 2.75) is 0 Å². The molecule has 0 bridgehead atoms. The summed E-state index contributed by atoms with van der Waals surface area (Å²) in [6.45, 7) is 0. The highest BCUT2D eigenvalue weighted by Crippen LogP contribution is 2.24. The van der Waals surface area contributed by atoms with E-state index < -0.39 is 22.6 Å². The van der Waals surface area contributed by atoms with E-state index in [4.69, 9.17) is 0 Å². The third-order valence-corrected chi connectivity index (χ3v) is 4.37. The Balaban J connectivity index is 1.69. The standard InChI is InChI=1S/C20H13FN4O4/c21-13-6-8-14(9-7-13)24-20(27)18(19(26)22-24)12-16-5-2-10-23(16)15-3-1-4-17(11-15)25(28)29/h1-12H,(H,22,26). The summed E-state index contributed by atoms with van der Waals surface area (Å²) < 4.78 is 14.7. The van der Waals surface area contributed by atoms with Gasteiger partial charge in [0.05, 0.1) is 16.3 Å². The Morgan fingerprint density at radius 2 is 1.76 bits per heavy atom. The van der Waals surface area contributed by atoms with Crippen LogP contribution in [0, 0.1) is 15.9 Å². The van der Waals surface area contributed by atoms with Gasteiger partial charge < -0.3 is 4.57 Å². The number of aromatic nitrogens is 1. The van der Waals surface area contributed by atoms with Gasteiger partial charge in [-0.1, -0.05) is 6.07 Å². The number of amides is 2. The van der Waals surface area contributed by atoms with Crippen molar-refractivity contribution in [3.8, 4) is 5.69 Å². The van der Waals surface area contributed by atoms with Crippen LogP contribution in [-0.4, -0.2) is 21.3 Å². The van der Waals surface area contributed by atoms with Crippen molar-refractivity contribution >= 4 is 29.3 Å². The quantitative estimate of drug-likeness (QED) is 0.319. The third kappa shape index (κ3) is 3.36. The first-order chi connectivity index (χ1) is 13.9. The van der Waals surface area contributed by atoms with Gasteiger partial charge in [-0.3, -0.25) is 25.1 Å². The minimum Gasteiger partial charge on any atom is -0.317 e. The molecule has 1 aliphatic heterocycles. The number of nitro groups is 1. The predicted octanol–water partition coefficient (Wildman–Crippen LogP) is 2.99. The second-order valence-electron chi connectivity index (χ2n) is 6.20. The molecule has 2 aromatic carbocycles. The second-order valence-corrected chi connectivity index (χ2v) is 6.20. The number of nitrogens with one attached hydrogen (secondary N) is 1. The SMILES string of the molecule is O=C1NN(c2ccc(F)cc2)C(=O)C1=Cc1cccn1-c1cccc([N+](=O)[O-])c1. The topological polar surface area (TPSA) is 97.5 Å². The highest BCUT2D eigenvalue weighted by molar-refractivity contribution is 6.31. The van der Waals surface area contributed by atoms with Gasteiger partial charge in [0.1, 0.15) is 11.4 Å². The molecule has 2 amide bonds. The molecule has 0 aliphatic carbocycles. The lowest BCUT2D eigenvalue weighted by molar-refractivity contribution is -0.384. The van der Waals surface area contributed by atoms with Gasteiger partial charge in [-0.15, -0.1) is 0 Å². The molecule has 0 atom stereocenters. The molecule has 1 N–H and O–H groups in total. The third-order valence-electron chi connectivity index (χ3n) is 4.37. The molecule has 9 heteroatoms. The van der Waals surface area contributed by atoms with Crippen molar-refractivity contribution in [3.05, 3.63) is 94.1 Å². The zero-order valence-corrected chi connectivity index (χ0v) is 14.8. The zero-order valence-electron chi connectivity index (χ0n) is 14.8. The molecule has 0 radical (unpaired) electrons. The van der Waals surface area contributed by atoms with Crippen LogP contribution in [0.2, 0.25) is 0 Å². The van der Waals surface area contributed by atoms with E-state index in [-0.39, 0.29) is 11.3 Å². The lowest BCUT2D eigenvalue weighted by Gasteiger charge is -2.14. The summed E-state index contributed by atoms with van der Waals surface area (Å²) in [7, 11) is 0. The number of carbonyl (C=O) groups excluding carboxylic acids is 2. The minimum absolute atomic E-state index is 0.0769. The van der Waals surface area contributed by atoms with Crippen LogP contribution in [0.25, 0.3) is 11.8 Å². The Hall–Kier alpha value is -4.27. The number of nitro benzene ring substituents is 1. The molecule has 1 aliphatic rings. The van der Waals surface area contributed by atoms with Gasteiger partial charge in [-0.25, -0.2) is 9.40 Å². The highest BCUT2D eigenvalue weighted by atomic mass is 19.1. The maximum absolute atomic E-state index is 13.1. The summed E-state index contributed by atoms with van der Waals surface area (Å²) in [6.07, 6.45) is 3.07.